The van der Waals surface area contributed by atoms with Gasteiger partial charge in [0.05, 0.1) is 6.26 Å². The summed E-state index contributed by atoms with van der Waals surface area (Å²) in [4.78, 5) is 38.7. The first-order valence-corrected chi connectivity index (χ1v) is 10.5. The monoisotopic (exact) mass is 432 g/mol. The van der Waals surface area contributed by atoms with Crippen LogP contribution >= 0.6 is 0 Å². The molecule has 1 aromatic heterocycles. The van der Waals surface area contributed by atoms with E-state index in [0.717, 1.165) is 0 Å². The highest BCUT2D eigenvalue weighted by atomic mass is 16.5. The second-order valence-electron chi connectivity index (χ2n) is 7.62. The molecule has 4 rings (SSSR count). The van der Waals surface area contributed by atoms with E-state index in [-0.39, 0.29) is 30.2 Å². The summed E-state index contributed by atoms with van der Waals surface area (Å²) in [6.07, 6.45) is 2.83. The zero-order valence-corrected chi connectivity index (χ0v) is 17.5. The van der Waals surface area contributed by atoms with Crippen molar-refractivity contribution in [1.82, 2.24) is 10.2 Å². The summed E-state index contributed by atoms with van der Waals surface area (Å²) >= 11 is 0. The maximum atomic E-state index is 12.4. The molecule has 0 unspecified atom stereocenters. The normalized spacial score (nSPS) is 14.1. The van der Waals surface area contributed by atoms with Crippen LogP contribution in [0.3, 0.4) is 0 Å². The average Bonchev–Trinajstić information content (AvgIpc) is 3.38. The smallest absolute Gasteiger partial charge is 0.289 e. The summed E-state index contributed by atoms with van der Waals surface area (Å²) in [5, 5.41) is 2.96. The molecule has 1 aliphatic heterocycles. The van der Waals surface area contributed by atoms with E-state index in [1.165, 1.54) is 6.26 Å². The molecule has 0 atom stereocenters. The van der Waals surface area contributed by atoms with Crippen molar-refractivity contribution in [2.75, 3.05) is 19.7 Å². The van der Waals surface area contributed by atoms with Crippen LogP contribution < -0.4 is 10.1 Å². The molecule has 1 fully saturated rings. The zero-order chi connectivity index (χ0) is 22.3. The second-order valence-corrected chi connectivity index (χ2v) is 7.62. The Balaban J connectivity index is 1.21. The number of amides is 2. The van der Waals surface area contributed by atoms with Crippen molar-refractivity contribution in [3.8, 4) is 5.75 Å². The number of hydrogen-bond acceptors (Lipinski definition) is 5. The van der Waals surface area contributed by atoms with Crippen LogP contribution in [0.2, 0.25) is 0 Å². The van der Waals surface area contributed by atoms with Crippen molar-refractivity contribution in [1.29, 1.82) is 0 Å². The van der Waals surface area contributed by atoms with E-state index >= 15 is 0 Å². The number of furan rings is 1. The first-order valence-electron chi connectivity index (χ1n) is 10.5. The second kappa shape index (κ2) is 9.96. The highest BCUT2D eigenvalue weighted by molar-refractivity contribution is 6.09. The Bertz CT molecular complexity index is 1050. The van der Waals surface area contributed by atoms with Gasteiger partial charge in [-0.15, -0.1) is 0 Å². The molecule has 1 saturated heterocycles. The largest absolute Gasteiger partial charge is 0.484 e. The standard InChI is InChI=1S/C25H24N2O5/c28-23(26-20-12-14-27(15-13-20)25(30)22-7-4-16-31-22)17-32-21-10-8-19(9-11-21)24(29)18-5-2-1-3-6-18/h1-11,16,20H,12-15,17H2,(H,26,28). The van der Waals surface area contributed by atoms with Gasteiger partial charge in [-0.1, -0.05) is 30.3 Å². The Hall–Kier alpha value is -3.87. The Labute approximate surface area is 186 Å². The number of carbonyl (C=O) groups excluding carboxylic acids is 3. The highest BCUT2D eigenvalue weighted by Crippen LogP contribution is 2.17. The molecule has 0 aliphatic carbocycles. The van der Waals surface area contributed by atoms with Crippen molar-refractivity contribution in [2.24, 2.45) is 0 Å². The molecule has 32 heavy (non-hydrogen) atoms. The number of rotatable bonds is 7. The molecule has 0 bridgehead atoms. The van der Waals surface area contributed by atoms with Crippen molar-refractivity contribution in [3.05, 3.63) is 89.9 Å². The lowest BCUT2D eigenvalue weighted by Crippen LogP contribution is -2.47. The van der Waals surface area contributed by atoms with Gasteiger partial charge in [0, 0.05) is 30.3 Å². The van der Waals surface area contributed by atoms with Crippen LogP contribution in [0.4, 0.5) is 0 Å². The maximum Gasteiger partial charge on any atom is 0.289 e. The van der Waals surface area contributed by atoms with Gasteiger partial charge in [0.2, 0.25) is 0 Å². The number of piperidine rings is 1. The van der Waals surface area contributed by atoms with Crippen molar-refractivity contribution < 1.29 is 23.5 Å². The number of benzene rings is 2. The number of nitrogens with one attached hydrogen (secondary N) is 1. The van der Waals surface area contributed by atoms with Crippen LogP contribution in [-0.4, -0.2) is 48.2 Å². The van der Waals surface area contributed by atoms with Gasteiger partial charge in [-0.2, -0.15) is 0 Å². The van der Waals surface area contributed by atoms with Crippen LogP contribution in [0.15, 0.2) is 77.4 Å². The van der Waals surface area contributed by atoms with Crippen LogP contribution in [0.1, 0.15) is 39.3 Å². The van der Waals surface area contributed by atoms with Gasteiger partial charge in [-0.25, -0.2) is 0 Å². The van der Waals surface area contributed by atoms with Gasteiger partial charge in [0.1, 0.15) is 5.75 Å². The van der Waals surface area contributed by atoms with Gasteiger partial charge >= 0.3 is 0 Å². The quantitative estimate of drug-likeness (QED) is 0.579. The molecule has 7 nitrogen and oxygen atoms in total. The predicted octanol–water partition coefficient (Wildman–Crippen LogP) is 3.31. The Morgan fingerprint density at radius 2 is 1.59 bits per heavy atom. The molecule has 2 aromatic carbocycles. The summed E-state index contributed by atoms with van der Waals surface area (Å²) in [7, 11) is 0. The lowest BCUT2D eigenvalue weighted by atomic mass is 10.0. The van der Waals surface area contributed by atoms with Gasteiger partial charge in [0.25, 0.3) is 11.8 Å². The van der Waals surface area contributed by atoms with E-state index in [0.29, 0.717) is 48.6 Å². The zero-order valence-electron chi connectivity index (χ0n) is 17.5. The van der Waals surface area contributed by atoms with Crippen molar-refractivity contribution in [2.45, 2.75) is 18.9 Å². The van der Waals surface area contributed by atoms with Gasteiger partial charge in [-0.05, 0) is 49.2 Å². The van der Waals surface area contributed by atoms with Gasteiger partial charge in [-0.3, -0.25) is 14.4 Å². The SMILES string of the molecule is O=C(COc1ccc(C(=O)c2ccccc2)cc1)NC1CCN(C(=O)c2ccco2)CC1. The first-order chi connectivity index (χ1) is 15.6. The average molecular weight is 432 g/mol. The van der Waals surface area contributed by atoms with E-state index in [1.54, 1.807) is 53.4 Å². The number of hydrogen-bond donors (Lipinski definition) is 1. The summed E-state index contributed by atoms with van der Waals surface area (Å²) in [5.41, 5.74) is 1.18. The molecule has 164 valence electrons. The van der Waals surface area contributed by atoms with E-state index in [2.05, 4.69) is 5.32 Å². The minimum atomic E-state index is -0.217. The van der Waals surface area contributed by atoms with E-state index < -0.39 is 0 Å². The first kappa shape index (κ1) is 21.4. The van der Waals surface area contributed by atoms with Gasteiger partial charge < -0.3 is 19.4 Å². The number of ketones is 1. The van der Waals surface area contributed by atoms with Crippen molar-refractivity contribution >= 4 is 17.6 Å². The highest BCUT2D eigenvalue weighted by Gasteiger charge is 2.25. The fourth-order valence-corrected chi connectivity index (χ4v) is 3.66. The summed E-state index contributed by atoms with van der Waals surface area (Å²) in [5.74, 6) is 0.440. The third-order valence-electron chi connectivity index (χ3n) is 5.40. The minimum Gasteiger partial charge on any atom is -0.484 e. The Kier molecular flexibility index (Phi) is 6.65. The molecular weight excluding hydrogens is 408 g/mol. The van der Waals surface area contributed by atoms with Crippen molar-refractivity contribution in [3.63, 3.8) is 0 Å². The minimum absolute atomic E-state index is 0.00220. The predicted molar refractivity (Wildman–Crippen MR) is 118 cm³/mol. The molecule has 2 amide bonds. The number of ether oxygens (including phenoxy) is 1. The van der Waals surface area contributed by atoms with E-state index in [1.807, 2.05) is 18.2 Å². The van der Waals surface area contributed by atoms with E-state index in [9.17, 15) is 14.4 Å². The number of likely N-dealkylation sites (tertiary alicyclic amines) is 1. The van der Waals surface area contributed by atoms with Crippen LogP contribution in [-0.2, 0) is 4.79 Å². The molecule has 1 N–H and O–H groups in total. The molecule has 0 saturated carbocycles. The summed E-state index contributed by atoms with van der Waals surface area (Å²) in [6.45, 7) is 1.00. The molecule has 1 aliphatic rings. The summed E-state index contributed by atoms with van der Waals surface area (Å²) in [6, 6.07) is 19.1. The summed E-state index contributed by atoms with van der Waals surface area (Å²) < 4.78 is 10.7. The lowest BCUT2D eigenvalue weighted by Gasteiger charge is -2.31. The molecule has 0 spiro atoms. The molecule has 2 heterocycles. The van der Waals surface area contributed by atoms with Gasteiger partial charge in [0.15, 0.2) is 18.2 Å². The Morgan fingerprint density at radius 1 is 0.906 bits per heavy atom. The van der Waals surface area contributed by atoms with Crippen LogP contribution in [0.5, 0.6) is 5.75 Å². The van der Waals surface area contributed by atoms with E-state index in [4.69, 9.17) is 9.15 Å². The van der Waals surface area contributed by atoms with Crippen LogP contribution in [0, 0.1) is 0 Å². The molecule has 0 radical (unpaired) electrons. The lowest BCUT2D eigenvalue weighted by molar-refractivity contribution is -0.124. The maximum absolute atomic E-state index is 12.4. The fourth-order valence-electron chi connectivity index (χ4n) is 3.66. The van der Waals surface area contributed by atoms with Crippen LogP contribution in [0.25, 0.3) is 0 Å². The third kappa shape index (κ3) is 5.24. The Morgan fingerprint density at radius 3 is 2.25 bits per heavy atom. The number of carbonyl (C=O) groups is 3. The molecular formula is C25H24N2O5. The third-order valence-corrected chi connectivity index (χ3v) is 5.40. The number of nitrogens with zero attached hydrogens (tertiary/aromatic N) is 1. The molecule has 7 heteroatoms. The topological polar surface area (TPSA) is 88.9 Å². The molecule has 3 aromatic rings. The fraction of sp³-hybridized carbons (Fsp3) is 0.240.